The van der Waals surface area contributed by atoms with Gasteiger partial charge in [0.2, 0.25) is 0 Å². The second-order valence-corrected chi connectivity index (χ2v) is 5.09. The van der Waals surface area contributed by atoms with Gasteiger partial charge in [0.05, 0.1) is 12.7 Å². The maximum atomic E-state index is 12.7. The molecule has 3 rings (SSSR count). The van der Waals surface area contributed by atoms with Crippen LogP contribution < -0.4 is 4.74 Å². The van der Waals surface area contributed by atoms with Crippen molar-refractivity contribution in [3.05, 3.63) is 65.0 Å². The zero-order valence-electron chi connectivity index (χ0n) is 10.4. The Morgan fingerprint density at radius 1 is 1.00 bits per heavy atom. The lowest BCUT2D eigenvalue weighted by Gasteiger charge is -2.07. The summed E-state index contributed by atoms with van der Waals surface area (Å²) in [6, 6.07) is 15.1. The smallest absolute Gasteiger partial charge is 0.198 e. The van der Waals surface area contributed by atoms with Gasteiger partial charge in [-0.05, 0) is 35.0 Å². The molecule has 0 aliphatic rings. The van der Waals surface area contributed by atoms with Gasteiger partial charge in [-0.2, -0.15) is 0 Å². The third-order valence-corrected chi connectivity index (χ3v) is 4.04. The number of carbonyl (C=O) groups excluding carboxylic acids is 1. The van der Waals surface area contributed by atoms with Crippen LogP contribution in [-0.4, -0.2) is 12.9 Å². The van der Waals surface area contributed by atoms with E-state index >= 15 is 0 Å². The molecule has 0 aliphatic carbocycles. The van der Waals surface area contributed by atoms with Crippen molar-refractivity contribution < 1.29 is 9.53 Å². The Morgan fingerprint density at radius 2 is 1.79 bits per heavy atom. The number of benzene rings is 2. The minimum atomic E-state index is 0.00509. The van der Waals surface area contributed by atoms with E-state index in [4.69, 9.17) is 4.74 Å². The number of ether oxygens (including phenoxy) is 1. The van der Waals surface area contributed by atoms with Crippen molar-refractivity contribution in [2.24, 2.45) is 0 Å². The first-order valence-corrected chi connectivity index (χ1v) is 6.83. The average molecular weight is 268 g/mol. The number of hydrogen-bond acceptors (Lipinski definition) is 3. The molecule has 94 valence electrons. The molecule has 0 bridgehead atoms. The zero-order chi connectivity index (χ0) is 13.2. The first-order chi connectivity index (χ1) is 9.31. The predicted octanol–water partition coefficient (Wildman–Crippen LogP) is 4.14. The fourth-order valence-corrected chi connectivity index (χ4v) is 3.06. The van der Waals surface area contributed by atoms with Crippen molar-refractivity contribution in [2.75, 3.05) is 7.11 Å². The summed E-state index contributed by atoms with van der Waals surface area (Å²) >= 11 is 1.59. The van der Waals surface area contributed by atoms with E-state index in [0.29, 0.717) is 11.3 Å². The van der Waals surface area contributed by atoms with E-state index in [9.17, 15) is 4.79 Å². The van der Waals surface area contributed by atoms with E-state index in [-0.39, 0.29) is 5.78 Å². The molecular formula is C16H12O2S. The monoisotopic (exact) mass is 268 g/mol. The molecule has 2 aromatic carbocycles. The third-order valence-electron chi connectivity index (χ3n) is 3.08. The van der Waals surface area contributed by atoms with Gasteiger partial charge in [-0.25, -0.2) is 0 Å². The van der Waals surface area contributed by atoms with Crippen LogP contribution in [0.1, 0.15) is 15.9 Å². The second kappa shape index (κ2) is 4.86. The summed E-state index contributed by atoms with van der Waals surface area (Å²) in [5.41, 5.74) is 1.34. The van der Waals surface area contributed by atoms with Gasteiger partial charge < -0.3 is 4.74 Å². The Balaban J connectivity index is 2.16. The van der Waals surface area contributed by atoms with E-state index in [1.807, 2.05) is 47.8 Å². The highest BCUT2D eigenvalue weighted by atomic mass is 32.1. The summed E-state index contributed by atoms with van der Waals surface area (Å²) in [7, 11) is 1.58. The van der Waals surface area contributed by atoms with Crippen molar-refractivity contribution in [1.82, 2.24) is 0 Å². The highest BCUT2D eigenvalue weighted by Crippen LogP contribution is 2.29. The van der Waals surface area contributed by atoms with Crippen LogP contribution in [0.2, 0.25) is 0 Å². The Kier molecular flexibility index (Phi) is 3.05. The molecule has 19 heavy (non-hydrogen) atoms. The SMILES string of the molecule is COc1ccccc1C(=O)c1cccc2ccsc12. The number of para-hydroxylation sites is 1. The van der Waals surface area contributed by atoms with Gasteiger partial charge in [0.25, 0.3) is 0 Å². The van der Waals surface area contributed by atoms with Crippen molar-refractivity contribution in [2.45, 2.75) is 0 Å². The topological polar surface area (TPSA) is 26.3 Å². The highest BCUT2D eigenvalue weighted by molar-refractivity contribution is 7.17. The fraction of sp³-hybridized carbons (Fsp3) is 0.0625. The van der Waals surface area contributed by atoms with Gasteiger partial charge in [0.15, 0.2) is 5.78 Å². The van der Waals surface area contributed by atoms with E-state index < -0.39 is 0 Å². The van der Waals surface area contributed by atoms with Gasteiger partial charge in [0.1, 0.15) is 5.75 Å². The molecule has 3 aromatic rings. The largest absolute Gasteiger partial charge is 0.496 e. The molecule has 0 saturated carbocycles. The Bertz CT molecular complexity index is 743. The molecule has 0 amide bonds. The van der Waals surface area contributed by atoms with Gasteiger partial charge in [-0.1, -0.05) is 24.3 Å². The van der Waals surface area contributed by atoms with Crippen molar-refractivity contribution in [1.29, 1.82) is 0 Å². The van der Waals surface area contributed by atoms with E-state index in [2.05, 4.69) is 0 Å². The average Bonchev–Trinajstić information content (AvgIpc) is 2.94. The molecule has 0 fully saturated rings. The molecule has 3 heteroatoms. The highest BCUT2D eigenvalue weighted by Gasteiger charge is 2.16. The molecular weight excluding hydrogens is 256 g/mol. The van der Waals surface area contributed by atoms with Gasteiger partial charge in [0, 0.05) is 10.3 Å². The summed E-state index contributed by atoms with van der Waals surface area (Å²) in [4.78, 5) is 12.7. The van der Waals surface area contributed by atoms with Crippen LogP contribution in [-0.2, 0) is 0 Å². The summed E-state index contributed by atoms with van der Waals surface area (Å²) in [6.45, 7) is 0. The molecule has 0 spiro atoms. The number of hydrogen-bond donors (Lipinski definition) is 0. The molecule has 1 aromatic heterocycles. The van der Waals surface area contributed by atoms with Crippen LogP contribution in [0.4, 0.5) is 0 Å². The minimum Gasteiger partial charge on any atom is -0.496 e. The minimum absolute atomic E-state index is 0.00509. The molecule has 0 unspecified atom stereocenters. The predicted molar refractivity (Wildman–Crippen MR) is 78.3 cm³/mol. The van der Waals surface area contributed by atoms with Crippen LogP contribution in [0.25, 0.3) is 10.1 Å². The first-order valence-electron chi connectivity index (χ1n) is 5.95. The number of carbonyl (C=O) groups is 1. The second-order valence-electron chi connectivity index (χ2n) is 4.17. The lowest BCUT2D eigenvalue weighted by atomic mass is 10.0. The molecule has 1 heterocycles. The van der Waals surface area contributed by atoms with Crippen LogP contribution in [0.15, 0.2) is 53.9 Å². The van der Waals surface area contributed by atoms with Crippen molar-refractivity contribution in [3.8, 4) is 5.75 Å². The summed E-state index contributed by atoms with van der Waals surface area (Å²) < 4.78 is 6.29. The fourth-order valence-electron chi connectivity index (χ4n) is 2.15. The standard InChI is InChI=1S/C16H12O2S/c1-18-14-8-3-2-6-12(14)15(17)13-7-4-5-11-9-10-19-16(11)13/h2-10H,1H3. The Hall–Kier alpha value is -2.13. The Morgan fingerprint density at radius 3 is 2.63 bits per heavy atom. The number of methoxy groups -OCH3 is 1. The van der Waals surface area contributed by atoms with E-state index in [1.54, 1.807) is 24.5 Å². The number of fused-ring (bicyclic) bond motifs is 1. The zero-order valence-corrected chi connectivity index (χ0v) is 11.2. The van der Waals surface area contributed by atoms with Crippen molar-refractivity contribution >= 4 is 27.2 Å². The molecule has 2 nitrogen and oxygen atoms in total. The van der Waals surface area contributed by atoms with E-state index in [1.165, 1.54) is 0 Å². The first kappa shape index (κ1) is 11.9. The van der Waals surface area contributed by atoms with Crippen molar-refractivity contribution in [3.63, 3.8) is 0 Å². The third kappa shape index (κ3) is 2.02. The lowest BCUT2D eigenvalue weighted by Crippen LogP contribution is -2.03. The molecule has 0 aliphatic heterocycles. The molecule has 0 N–H and O–H groups in total. The quantitative estimate of drug-likeness (QED) is 0.667. The number of rotatable bonds is 3. The van der Waals surface area contributed by atoms with Gasteiger partial charge in [-0.15, -0.1) is 11.3 Å². The van der Waals surface area contributed by atoms with Crippen LogP contribution in [0.3, 0.4) is 0 Å². The number of ketones is 1. The molecule has 0 saturated heterocycles. The normalized spacial score (nSPS) is 10.6. The summed E-state index contributed by atoms with van der Waals surface area (Å²) in [6.07, 6.45) is 0. The van der Waals surface area contributed by atoms with Gasteiger partial charge >= 0.3 is 0 Å². The molecule has 0 radical (unpaired) electrons. The maximum Gasteiger partial charge on any atom is 0.198 e. The summed E-state index contributed by atoms with van der Waals surface area (Å²) in [5.74, 6) is 0.617. The van der Waals surface area contributed by atoms with Crippen LogP contribution in [0.5, 0.6) is 5.75 Å². The van der Waals surface area contributed by atoms with E-state index in [0.717, 1.165) is 15.6 Å². The van der Waals surface area contributed by atoms with Crippen LogP contribution >= 0.6 is 11.3 Å². The van der Waals surface area contributed by atoms with Crippen LogP contribution in [0, 0.1) is 0 Å². The number of thiophene rings is 1. The summed E-state index contributed by atoms with van der Waals surface area (Å²) in [5, 5.41) is 3.11. The Labute approximate surface area is 115 Å². The molecule has 0 atom stereocenters. The van der Waals surface area contributed by atoms with Gasteiger partial charge in [-0.3, -0.25) is 4.79 Å². The lowest BCUT2D eigenvalue weighted by molar-refractivity contribution is 0.103. The maximum absolute atomic E-state index is 12.7.